The minimum absolute atomic E-state index is 0.0274. The lowest BCUT2D eigenvalue weighted by Gasteiger charge is -2.72. The van der Waals surface area contributed by atoms with Crippen LogP contribution in [0.2, 0.25) is 0 Å². The first-order chi connectivity index (χ1) is 14.2. The first-order valence-corrected chi connectivity index (χ1v) is 11.9. The first kappa shape index (κ1) is 19.2. The Bertz CT molecular complexity index is 954. The van der Waals surface area contributed by atoms with Crippen LogP contribution in [0.15, 0.2) is 24.3 Å². The maximum absolute atomic E-state index is 11.7. The van der Waals surface area contributed by atoms with Crippen LogP contribution in [0.5, 0.6) is 11.5 Å². The Hall–Kier alpha value is -1.52. The zero-order valence-corrected chi connectivity index (χ0v) is 18.7. The van der Waals surface area contributed by atoms with Crippen LogP contribution < -0.4 is 4.74 Å². The number of likely N-dealkylation sites (N-methyl/N-ethyl adjacent to an activating group) is 1. The molecule has 7 atom stereocenters. The zero-order chi connectivity index (χ0) is 21.1. The third kappa shape index (κ3) is 1.89. The van der Waals surface area contributed by atoms with Gasteiger partial charge in [-0.25, -0.2) is 0 Å². The summed E-state index contributed by atoms with van der Waals surface area (Å²) in [5.74, 6) is 1.16. The minimum atomic E-state index is -0.725. The highest BCUT2D eigenvalue weighted by atomic mass is 16.5. The smallest absolute Gasteiger partial charge is 0.165 e. The molecule has 162 valence electrons. The molecule has 1 aromatic carbocycles. The SMILES string of the molecule is CCCC[C@@](C)(O)C1C[C@@]23C=C[C@]1(C)[C@@H]1Oc4c(O)ccc5c4[C@@]12CCN(C)[C@@H]3C5. The van der Waals surface area contributed by atoms with Crippen molar-refractivity contribution in [3.8, 4) is 11.5 Å². The summed E-state index contributed by atoms with van der Waals surface area (Å²) in [5.41, 5.74) is 1.53. The average molecular weight is 410 g/mol. The lowest BCUT2D eigenvalue weighted by Crippen LogP contribution is -2.77. The number of phenolic OH excluding ortho intramolecular Hbond substituents is 1. The minimum Gasteiger partial charge on any atom is -0.504 e. The van der Waals surface area contributed by atoms with E-state index in [1.54, 1.807) is 0 Å². The lowest BCUT2D eigenvalue weighted by molar-refractivity contribution is -0.204. The van der Waals surface area contributed by atoms with Gasteiger partial charge in [0.15, 0.2) is 11.5 Å². The number of likely N-dealkylation sites (tertiary alicyclic amines) is 1. The topological polar surface area (TPSA) is 52.9 Å². The number of fused-ring (bicyclic) bond motifs is 1. The Kier molecular flexibility index (Phi) is 3.60. The van der Waals surface area contributed by atoms with Gasteiger partial charge in [0.25, 0.3) is 0 Å². The van der Waals surface area contributed by atoms with Crippen molar-refractivity contribution < 1.29 is 14.9 Å². The molecule has 2 heterocycles. The van der Waals surface area contributed by atoms with Gasteiger partial charge in [0.05, 0.1) is 5.60 Å². The number of nitrogens with zero attached hydrogens (tertiary/aromatic N) is 1. The number of hydrogen-bond acceptors (Lipinski definition) is 4. The third-order valence-electron chi connectivity index (χ3n) is 9.97. The largest absolute Gasteiger partial charge is 0.504 e. The van der Waals surface area contributed by atoms with Crippen molar-refractivity contribution in [2.75, 3.05) is 13.6 Å². The first-order valence-electron chi connectivity index (χ1n) is 11.9. The Morgan fingerprint density at radius 2 is 2.10 bits per heavy atom. The van der Waals surface area contributed by atoms with Crippen LogP contribution in [-0.2, 0) is 11.8 Å². The van der Waals surface area contributed by atoms with Gasteiger partial charge in [0.1, 0.15) is 6.10 Å². The molecule has 0 amide bonds. The summed E-state index contributed by atoms with van der Waals surface area (Å²) < 4.78 is 6.78. The maximum Gasteiger partial charge on any atom is 0.165 e. The number of ether oxygens (including phenoxy) is 1. The number of rotatable bonds is 4. The Morgan fingerprint density at radius 3 is 2.87 bits per heavy atom. The van der Waals surface area contributed by atoms with E-state index in [0.29, 0.717) is 6.04 Å². The standard InChI is InChI=1S/C26H35NO3/c1-5-6-9-24(3,29)18-15-25-11-10-23(18,2)22-26(25)12-13-27(4)19(25)14-16-7-8-17(28)21(30-22)20(16)26/h7-8,10-11,18-19,22,28-29H,5-6,9,12-15H2,1-4H3/t18?,19-,22+,23+,24-,25-,26+/m1/s1. The van der Waals surface area contributed by atoms with Crippen molar-refractivity contribution in [2.24, 2.45) is 16.7 Å². The van der Waals surface area contributed by atoms with Crippen LogP contribution in [0.4, 0.5) is 0 Å². The number of phenols is 1. The number of hydrogen-bond donors (Lipinski definition) is 2. The molecular weight excluding hydrogens is 374 g/mol. The van der Waals surface area contributed by atoms with Crippen molar-refractivity contribution in [3.63, 3.8) is 0 Å². The van der Waals surface area contributed by atoms with Gasteiger partial charge in [0.2, 0.25) is 0 Å². The van der Waals surface area contributed by atoms with Gasteiger partial charge in [-0.3, -0.25) is 0 Å². The molecule has 4 bridgehead atoms. The predicted octanol–water partition coefficient (Wildman–Crippen LogP) is 4.17. The zero-order valence-electron chi connectivity index (χ0n) is 18.7. The highest BCUT2D eigenvalue weighted by Gasteiger charge is 2.78. The number of piperidine rings is 1. The molecular formula is C26H35NO3. The molecule has 4 aliphatic carbocycles. The van der Waals surface area contributed by atoms with Crippen molar-refractivity contribution in [1.82, 2.24) is 4.90 Å². The van der Waals surface area contributed by atoms with Crippen molar-refractivity contribution in [3.05, 3.63) is 35.4 Å². The fourth-order valence-electron chi connectivity index (χ4n) is 8.63. The van der Waals surface area contributed by atoms with E-state index >= 15 is 0 Å². The molecule has 1 aromatic rings. The van der Waals surface area contributed by atoms with Crippen LogP contribution in [0.3, 0.4) is 0 Å². The van der Waals surface area contributed by atoms with Gasteiger partial charge < -0.3 is 19.8 Å². The van der Waals surface area contributed by atoms with E-state index < -0.39 is 5.60 Å². The molecule has 1 saturated carbocycles. The predicted molar refractivity (Wildman–Crippen MR) is 117 cm³/mol. The molecule has 1 unspecified atom stereocenters. The van der Waals surface area contributed by atoms with Crippen LogP contribution in [0.25, 0.3) is 0 Å². The molecule has 30 heavy (non-hydrogen) atoms. The second-order valence-electron chi connectivity index (χ2n) is 11.3. The summed E-state index contributed by atoms with van der Waals surface area (Å²) in [4.78, 5) is 2.55. The molecule has 2 fully saturated rings. The molecule has 0 radical (unpaired) electrons. The Balaban J connectivity index is 1.60. The monoisotopic (exact) mass is 409 g/mol. The molecule has 2 aliphatic heterocycles. The molecule has 4 heteroatoms. The summed E-state index contributed by atoms with van der Waals surface area (Å²) >= 11 is 0. The van der Waals surface area contributed by atoms with E-state index in [4.69, 9.17) is 4.74 Å². The maximum atomic E-state index is 11.7. The van der Waals surface area contributed by atoms with Gasteiger partial charge in [0, 0.05) is 33.8 Å². The Labute approximate surface area is 179 Å². The summed E-state index contributed by atoms with van der Waals surface area (Å²) in [6.07, 6.45) is 10.9. The normalized spacial score (nSPS) is 44.5. The highest BCUT2D eigenvalue weighted by molar-refractivity contribution is 5.64. The molecule has 6 aliphatic rings. The number of aromatic hydroxyl groups is 1. The Morgan fingerprint density at radius 1 is 1.30 bits per heavy atom. The fourth-order valence-corrected chi connectivity index (χ4v) is 8.63. The molecule has 2 N–H and O–H groups in total. The third-order valence-corrected chi connectivity index (χ3v) is 9.97. The molecule has 1 saturated heterocycles. The second-order valence-corrected chi connectivity index (χ2v) is 11.3. The average Bonchev–Trinajstić information content (AvgIpc) is 3.09. The molecule has 4 nitrogen and oxygen atoms in total. The quantitative estimate of drug-likeness (QED) is 0.733. The summed E-state index contributed by atoms with van der Waals surface area (Å²) in [6.45, 7) is 7.62. The van der Waals surface area contributed by atoms with Crippen LogP contribution in [0, 0.1) is 16.7 Å². The fraction of sp³-hybridized carbons (Fsp3) is 0.692. The van der Waals surface area contributed by atoms with E-state index in [-0.39, 0.29) is 34.0 Å². The van der Waals surface area contributed by atoms with Crippen molar-refractivity contribution in [2.45, 2.75) is 82.5 Å². The van der Waals surface area contributed by atoms with Crippen molar-refractivity contribution in [1.29, 1.82) is 0 Å². The van der Waals surface area contributed by atoms with Crippen LogP contribution in [-0.4, -0.2) is 46.5 Å². The summed E-state index contributed by atoms with van der Waals surface area (Å²) in [5, 5.41) is 22.5. The van der Waals surface area contributed by atoms with E-state index in [1.807, 2.05) is 6.07 Å². The molecule has 2 spiro atoms. The molecule has 0 aromatic heterocycles. The second kappa shape index (κ2) is 5.63. The van der Waals surface area contributed by atoms with Gasteiger partial charge in [-0.2, -0.15) is 0 Å². The van der Waals surface area contributed by atoms with E-state index in [9.17, 15) is 10.2 Å². The number of unbranched alkanes of at least 4 members (excludes halogenated alkanes) is 1. The van der Waals surface area contributed by atoms with E-state index in [2.05, 4.69) is 50.9 Å². The van der Waals surface area contributed by atoms with E-state index in [1.165, 1.54) is 11.1 Å². The summed E-state index contributed by atoms with van der Waals surface area (Å²) in [7, 11) is 2.27. The van der Waals surface area contributed by atoms with E-state index in [0.717, 1.165) is 50.8 Å². The number of aliphatic hydroxyl groups is 1. The summed E-state index contributed by atoms with van der Waals surface area (Å²) in [6, 6.07) is 4.36. The highest BCUT2D eigenvalue weighted by Crippen LogP contribution is 2.76. The van der Waals surface area contributed by atoms with Gasteiger partial charge in [-0.05, 0) is 57.8 Å². The van der Waals surface area contributed by atoms with Crippen LogP contribution >= 0.6 is 0 Å². The number of benzene rings is 1. The van der Waals surface area contributed by atoms with Crippen LogP contribution in [0.1, 0.15) is 64.0 Å². The lowest BCUT2D eigenvalue weighted by atomic mass is 9.34. The molecule has 7 rings (SSSR count). The van der Waals surface area contributed by atoms with Crippen molar-refractivity contribution >= 4 is 0 Å². The van der Waals surface area contributed by atoms with Gasteiger partial charge >= 0.3 is 0 Å². The van der Waals surface area contributed by atoms with Gasteiger partial charge in [-0.1, -0.05) is 44.9 Å². The van der Waals surface area contributed by atoms with Gasteiger partial charge in [-0.15, -0.1) is 0 Å².